The molecule has 9 heteroatoms. The maximum Gasteiger partial charge on any atom is 0.408 e. The fourth-order valence-electron chi connectivity index (χ4n) is 4.79. The lowest BCUT2D eigenvalue weighted by Crippen LogP contribution is -2.47. The Kier molecular flexibility index (Phi) is 12.7. The van der Waals surface area contributed by atoms with Crippen LogP contribution in [0.3, 0.4) is 0 Å². The molecule has 0 aliphatic carbocycles. The van der Waals surface area contributed by atoms with Crippen molar-refractivity contribution < 1.29 is 33.3 Å². The van der Waals surface area contributed by atoms with Crippen LogP contribution in [0.1, 0.15) is 79.7 Å². The Bertz CT molecular complexity index is 986. The zero-order chi connectivity index (χ0) is 30.0. The van der Waals surface area contributed by atoms with E-state index in [-0.39, 0.29) is 42.0 Å². The molecule has 4 atom stereocenters. The number of hydrogen-bond donors (Lipinski definition) is 2. The summed E-state index contributed by atoms with van der Waals surface area (Å²) in [7, 11) is 1.65. The highest BCUT2D eigenvalue weighted by Gasteiger charge is 2.42. The predicted molar refractivity (Wildman–Crippen MR) is 155 cm³/mol. The van der Waals surface area contributed by atoms with E-state index in [1.807, 2.05) is 39.0 Å². The van der Waals surface area contributed by atoms with E-state index in [4.69, 9.17) is 18.9 Å². The number of esters is 1. The Labute approximate surface area is 240 Å². The molecule has 1 saturated heterocycles. The zero-order valence-corrected chi connectivity index (χ0v) is 25.8. The van der Waals surface area contributed by atoms with Gasteiger partial charge in [-0.05, 0) is 76.0 Å². The topological polar surface area (TPSA) is 112 Å². The van der Waals surface area contributed by atoms with Gasteiger partial charge in [-0.25, -0.2) is 4.79 Å². The van der Waals surface area contributed by atoms with Crippen LogP contribution in [0.2, 0.25) is 0 Å². The highest BCUT2D eigenvalue weighted by Crippen LogP contribution is 2.33. The van der Waals surface area contributed by atoms with E-state index in [0.717, 1.165) is 12.0 Å². The van der Waals surface area contributed by atoms with E-state index in [0.29, 0.717) is 37.5 Å². The Hall–Kier alpha value is -2.81. The van der Waals surface area contributed by atoms with E-state index in [1.165, 1.54) is 0 Å². The summed E-state index contributed by atoms with van der Waals surface area (Å²) in [6, 6.07) is 5.21. The predicted octanol–water partition coefficient (Wildman–Crippen LogP) is 5.88. The number of hydrogen-bond acceptors (Lipinski definition) is 7. The van der Waals surface area contributed by atoms with Gasteiger partial charge < -0.3 is 29.6 Å². The minimum atomic E-state index is -0.671. The van der Waals surface area contributed by atoms with Crippen LogP contribution in [0.15, 0.2) is 18.2 Å². The number of methoxy groups -OCH3 is 1. The molecule has 40 heavy (non-hydrogen) atoms. The van der Waals surface area contributed by atoms with Gasteiger partial charge in [-0.2, -0.15) is 0 Å². The van der Waals surface area contributed by atoms with Gasteiger partial charge in [-0.3, -0.25) is 9.59 Å². The molecule has 9 nitrogen and oxygen atoms in total. The SMILES string of the molecule is COCCCOc1ccc(C)cc1NC(=O)C[C@@H](C[C@H](NC(=O)OC(C)(C)C)[C@@H]1C[C@@H](C(C)C)C(=O)O1)C(C)C. The molecule has 1 heterocycles. The first kappa shape index (κ1) is 33.4. The lowest BCUT2D eigenvalue weighted by Gasteiger charge is -2.31. The molecule has 1 aliphatic heterocycles. The number of amides is 2. The summed E-state index contributed by atoms with van der Waals surface area (Å²) in [6.45, 7) is 16.5. The number of carbonyl (C=O) groups excluding carboxylic acids is 3. The van der Waals surface area contributed by atoms with Crippen LogP contribution in [0.4, 0.5) is 10.5 Å². The summed E-state index contributed by atoms with van der Waals surface area (Å²) in [6.07, 6.45) is 0.893. The lowest BCUT2D eigenvalue weighted by molar-refractivity contribution is -0.146. The molecule has 0 saturated carbocycles. The molecule has 2 rings (SSSR count). The van der Waals surface area contributed by atoms with Crippen molar-refractivity contribution in [1.82, 2.24) is 5.32 Å². The van der Waals surface area contributed by atoms with Gasteiger partial charge >= 0.3 is 12.1 Å². The number of rotatable bonds is 14. The minimum Gasteiger partial charge on any atom is -0.491 e. The van der Waals surface area contributed by atoms with Gasteiger partial charge in [0.15, 0.2) is 0 Å². The third kappa shape index (κ3) is 11.0. The largest absolute Gasteiger partial charge is 0.491 e. The first-order chi connectivity index (χ1) is 18.7. The standard InChI is InChI=1S/C31H50N2O7/c1-19(2)22(17-28(34)32-24-15-21(5)11-12-26(24)38-14-10-13-37-9)16-25(33-30(36)40-31(6,7)8)27-18-23(20(3)4)29(35)39-27/h11-12,15,19-20,22-23,25,27H,10,13-14,16-18H2,1-9H3,(H,32,34)(H,33,36)/t22-,23+,25+,27+/m1/s1. The maximum atomic E-state index is 13.3. The van der Waals surface area contributed by atoms with Gasteiger partial charge in [0, 0.05) is 26.6 Å². The third-order valence-electron chi connectivity index (χ3n) is 7.12. The summed E-state index contributed by atoms with van der Waals surface area (Å²) < 4.78 is 22.3. The number of nitrogens with one attached hydrogen (secondary N) is 2. The number of aryl methyl sites for hydroxylation is 1. The molecule has 0 aromatic heterocycles. The highest BCUT2D eigenvalue weighted by atomic mass is 16.6. The molecule has 1 aliphatic rings. The highest BCUT2D eigenvalue weighted by molar-refractivity contribution is 5.92. The van der Waals surface area contributed by atoms with E-state index in [1.54, 1.807) is 27.9 Å². The number of carbonyl (C=O) groups is 3. The number of cyclic esters (lactones) is 1. The molecule has 0 spiro atoms. The normalized spacial score (nSPS) is 18.8. The van der Waals surface area contributed by atoms with Crippen LogP contribution in [0.25, 0.3) is 0 Å². The zero-order valence-electron chi connectivity index (χ0n) is 25.8. The fraction of sp³-hybridized carbons (Fsp3) is 0.710. The van der Waals surface area contributed by atoms with Gasteiger partial charge in [0.25, 0.3) is 0 Å². The van der Waals surface area contributed by atoms with Gasteiger partial charge in [0.1, 0.15) is 17.5 Å². The average molecular weight is 563 g/mol. The fourth-order valence-corrected chi connectivity index (χ4v) is 4.79. The first-order valence-corrected chi connectivity index (χ1v) is 14.4. The number of anilines is 1. The summed E-state index contributed by atoms with van der Waals surface area (Å²) in [5, 5.41) is 5.98. The number of alkyl carbamates (subject to hydrolysis) is 1. The second-order valence-electron chi connectivity index (χ2n) is 12.5. The van der Waals surface area contributed by atoms with Crippen molar-refractivity contribution in [1.29, 1.82) is 0 Å². The average Bonchev–Trinajstić information content (AvgIpc) is 3.22. The molecule has 0 bridgehead atoms. The van der Waals surface area contributed by atoms with Crippen LogP contribution in [0.5, 0.6) is 5.75 Å². The van der Waals surface area contributed by atoms with Crippen molar-refractivity contribution in [2.24, 2.45) is 23.7 Å². The van der Waals surface area contributed by atoms with E-state index in [9.17, 15) is 14.4 Å². The Morgan fingerprint density at radius 3 is 2.40 bits per heavy atom. The van der Waals surface area contributed by atoms with Gasteiger partial charge in [0.2, 0.25) is 5.91 Å². The van der Waals surface area contributed by atoms with Crippen molar-refractivity contribution >= 4 is 23.7 Å². The third-order valence-corrected chi connectivity index (χ3v) is 7.12. The second-order valence-corrected chi connectivity index (χ2v) is 12.5. The summed E-state index contributed by atoms with van der Waals surface area (Å²) in [4.78, 5) is 38.6. The first-order valence-electron chi connectivity index (χ1n) is 14.4. The molecule has 226 valence electrons. The van der Waals surface area contributed by atoms with Crippen molar-refractivity contribution in [3.8, 4) is 5.75 Å². The molecular weight excluding hydrogens is 512 g/mol. The summed E-state index contributed by atoms with van der Waals surface area (Å²) in [5.74, 6) is 0.168. The molecule has 1 aromatic carbocycles. The molecule has 1 fully saturated rings. The van der Waals surface area contributed by atoms with E-state index >= 15 is 0 Å². The number of benzene rings is 1. The van der Waals surface area contributed by atoms with Gasteiger partial charge in [0.05, 0.1) is 24.3 Å². The van der Waals surface area contributed by atoms with Crippen molar-refractivity contribution in [2.45, 2.75) is 98.8 Å². The van der Waals surface area contributed by atoms with Gasteiger partial charge in [-0.1, -0.05) is 33.8 Å². The smallest absolute Gasteiger partial charge is 0.408 e. The van der Waals surface area contributed by atoms with E-state index in [2.05, 4.69) is 24.5 Å². The van der Waals surface area contributed by atoms with Crippen LogP contribution in [0, 0.1) is 30.6 Å². The quantitative estimate of drug-likeness (QED) is 0.215. The van der Waals surface area contributed by atoms with Crippen LogP contribution < -0.4 is 15.4 Å². The van der Waals surface area contributed by atoms with Crippen molar-refractivity contribution in [3.63, 3.8) is 0 Å². The Morgan fingerprint density at radius 1 is 1.12 bits per heavy atom. The Balaban J connectivity index is 2.17. The molecule has 1 aromatic rings. The Morgan fingerprint density at radius 2 is 1.82 bits per heavy atom. The summed E-state index contributed by atoms with van der Waals surface area (Å²) >= 11 is 0. The number of ether oxygens (including phenoxy) is 4. The second kappa shape index (κ2) is 15.3. The van der Waals surface area contributed by atoms with E-state index < -0.39 is 23.8 Å². The molecule has 0 unspecified atom stereocenters. The summed E-state index contributed by atoms with van der Waals surface area (Å²) in [5.41, 5.74) is 0.956. The lowest BCUT2D eigenvalue weighted by atomic mass is 9.83. The minimum absolute atomic E-state index is 0.0902. The van der Waals surface area contributed by atoms with Gasteiger partial charge in [-0.15, -0.1) is 0 Å². The molecule has 0 radical (unpaired) electrons. The molecule has 2 amide bonds. The monoisotopic (exact) mass is 562 g/mol. The van der Waals surface area contributed by atoms with Crippen molar-refractivity contribution in [2.75, 3.05) is 25.6 Å². The molecular formula is C31H50N2O7. The van der Waals surface area contributed by atoms with Crippen LogP contribution >= 0.6 is 0 Å². The van der Waals surface area contributed by atoms with Crippen LogP contribution in [-0.2, 0) is 23.8 Å². The van der Waals surface area contributed by atoms with Crippen molar-refractivity contribution in [3.05, 3.63) is 23.8 Å². The van der Waals surface area contributed by atoms with Crippen LogP contribution in [-0.4, -0.2) is 56.0 Å². The molecule has 2 N–H and O–H groups in total. The maximum absolute atomic E-state index is 13.3.